The van der Waals surface area contributed by atoms with Crippen LogP contribution in [0.3, 0.4) is 0 Å². The van der Waals surface area contributed by atoms with Crippen molar-refractivity contribution in [2.24, 2.45) is 5.92 Å². The van der Waals surface area contributed by atoms with Gasteiger partial charge in [0.1, 0.15) is 0 Å². The van der Waals surface area contributed by atoms with Gasteiger partial charge in [-0.1, -0.05) is 0 Å². The Morgan fingerprint density at radius 1 is 1.24 bits per heavy atom. The largest absolute Gasteiger partial charge is 0.469 e. The molecule has 8 nitrogen and oxygen atoms in total. The number of methoxy groups -OCH3 is 1. The van der Waals surface area contributed by atoms with Crippen LogP contribution in [0, 0.1) is 5.92 Å². The van der Waals surface area contributed by atoms with Crippen LogP contribution in [0.25, 0.3) is 0 Å². The fourth-order valence-electron chi connectivity index (χ4n) is 3.20. The molecule has 1 aliphatic carbocycles. The molecule has 1 heterocycles. The Morgan fingerprint density at radius 3 is 2.80 bits per heavy atom. The van der Waals surface area contributed by atoms with E-state index in [0.29, 0.717) is 36.1 Å². The number of carbonyl (C=O) groups is 4. The minimum Gasteiger partial charge on any atom is -0.469 e. The molecule has 1 saturated carbocycles. The molecule has 0 saturated heterocycles. The quantitative estimate of drug-likeness (QED) is 0.688. The summed E-state index contributed by atoms with van der Waals surface area (Å²) in [7, 11) is 1.36. The molecule has 1 fully saturated rings. The lowest BCUT2D eigenvalue weighted by Gasteiger charge is -2.14. The molecule has 2 aliphatic rings. The topological polar surface area (TPSA) is 114 Å². The number of fused-ring (bicyclic) bond motifs is 1. The zero-order valence-electron chi connectivity index (χ0n) is 13.8. The Hall–Kier alpha value is -2.90. The Bertz CT molecular complexity index is 746. The fourth-order valence-corrected chi connectivity index (χ4v) is 3.20. The van der Waals surface area contributed by atoms with Crippen molar-refractivity contribution in [2.45, 2.75) is 25.3 Å². The highest BCUT2D eigenvalue weighted by molar-refractivity contribution is 6.10. The van der Waals surface area contributed by atoms with Gasteiger partial charge >= 0.3 is 5.97 Å². The van der Waals surface area contributed by atoms with Gasteiger partial charge < -0.3 is 20.7 Å². The van der Waals surface area contributed by atoms with Crippen molar-refractivity contribution >= 4 is 29.4 Å². The van der Waals surface area contributed by atoms with Gasteiger partial charge in [0.25, 0.3) is 11.8 Å². The van der Waals surface area contributed by atoms with Gasteiger partial charge in [-0.3, -0.25) is 19.2 Å². The second-order valence-electron chi connectivity index (χ2n) is 6.19. The molecular formula is C17H19N3O5. The summed E-state index contributed by atoms with van der Waals surface area (Å²) in [5.74, 6) is -1.46. The van der Waals surface area contributed by atoms with Crippen LogP contribution >= 0.6 is 0 Å². The molecule has 0 radical (unpaired) electrons. The number of carbonyl (C=O) groups excluding carboxylic acids is 4. The van der Waals surface area contributed by atoms with Gasteiger partial charge in [0.2, 0.25) is 5.91 Å². The Kier molecular flexibility index (Phi) is 4.69. The summed E-state index contributed by atoms with van der Waals surface area (Å²) in [6, 6.07) is 4.43. The normalized spacial score (nSPS) is 22.3. The molecule has 2 atom stereocenters. The van der Waals surface area contributed by atoms with E-state index in [1.54, 1.807) is 0 Å². The third kappa shape index (κ3) is 3.62. The maximum absolute atomic E-state index is 12.4. The number of anilines is 1. The molecule has 1 aromatic carbocycles. The molecule has 3 rings (SSSR count). The van der Waals surface area contributed by atoms with Crippen LogP contribution in [0.2, 0.25) is 0 Å². The predicted octanol–water partition coefficient (Wildman–Crippen LogP) is 0.440. The first kappa shape index (κ1) is 16.9. The zero-order chi connectivity index (χ0) is 18.0. The molecule has 0 spiro atoms. The van der Waals surface area contributed by atoms with Crippen molar-refractivity contribution in [3.8, 4) is 0 Å². The highest BCUT2D eigenvalue weighted by Crippen LogP contribution is 2.27. The molecule has 1 aliphatic heterocycles. The van der Waals surface area contributed by atoms with E-state index in [2.05, 4.69) is 16.0 Å². The summed E-state index contributed by atoms with van der Waals surface area (Å²) < 4.78 is 4.74. The SMILES string of the molecule is COC(=O)[C@@H]1CC[C@H](NC(=O)c2ccc3c(c2)NC(=O)CNC3=O)C1. The molecule has 3 N–H and O–H groups in total. The monoisotopic (exact) mass is 345 g/mol. The lowest BCUT2D eigenvalue weighted by atomic mass is 10.1. The van der Waals surface area contributed by atoms with Crippen LogP contribution in [-0.4, -0.2) is 43.4 Å². The molecule has 8 heteroatoms. The van der Waals surface area contributed by atoms with Crippen molar-refractivity contribution in [1.29, 1.82) is 0 Å². The van der Waals surface area contributed by atoms with Gasteiger partial charge in [-0.05, 0) is 37.5 Å². The molecule has 3 amide bonds. The number of benzene rings is 1. The second-order valence-corrected chi connectivity index (χ2v) is 6.19. The third-order valence-corrected chi connectivity index (χ3v) is 4.51. The summed E-state index contributed by atoms with van der Waals surface area (Å²) in [4.78, 5) is 47.5. The number of amides is 3. The highest BCUT2D eigenvalue weighted by Gasteiger charge is 2.31. The first-order valence-corrected chi connectivity index (χ1v) is 8.08. The van der Waals surface area contributed by atoms with Crippen LogP contribution in [-0.2, 0) is 14.3 Å². The Balaban J connectivity index is 1.70. The van der Waals surface area contributed by atoms with E-state index in [1.807, 2.05) is 0 Å². The molecule has 0 unspecified atom stereocenters. The molecular weight excluding hydrogens is 326 g/mol. The minimum absolute atomic E-state index is 0.103. The van der Waals surface area contributed by atoms with Crippen LogP contribution in [0.1, 0.15) is 40.0 Å². The van der Waals surface area contributed by atoms with Crippen molar-refractivity contribution in [2.75, 3.05) is 19.0 Å². The first-order chi connectivity index (χ1) is 12.0. The van der Waals surface area contributed by atoms with Gasteiger partial charge in [0.05, 0.1) is 30.8 Å². The van der Waals surface area contributed by atoms with Crippen molar-refractivity contribution in [3.05, 3.63) is 29.3 Å². The standard InChI is InChI=1S/C17H19N3O5/c1-25-17(24)10-2-4-11(6-10)19-15(22)9-3-5-12-13(7-9)20-14(21)8-18-16(12)23/h3,5,7,10-11H,2,4,6,8H2,1H3,(H,18,23)(H,19,22)(H,20,21)/t10-,11+/m1/s1. The predicted molar refractivity (Wildman–Crippen MR) is 88.0 cm³/mol. The third-order valence-electron chi connectivity index (χ3n) is 4.51. The highest BCUT2D eigenvalue weighted by atomic mass is 16.5. The van der Waals surface area contributed by atoms with Gasteiger partial charge in [-0.2, -0.15) is 0 Å². The second kappa shape index (κ2) is 6.92. The number of ether oxygens (including phenoxy) is 1. The summed E-state index contributed by atoms with van der Waals surface area (Å²) >= 11 is 0. The number of hydrogen-bond acceptors (Lipinski definition) is 5. The number of esters is 1. The molecule has 1 aromatic rings. The lowest BCUT2D eigenvalue weighted by Crippen LogP contribution is -2.33. The zero-order valence-corrected chi connectivity index (χ0v) is 13.8. The van der Waals surface area contributed by atoms with Crippen LogP contribution < -0.4 is 16.0 Å². The van der Waals surface area contributed by atoms with Gasteiger partial charge in [-0.15, -0.1) is 0 Å². The molecule has 25 heavy (non-hydrogen) atoms. The maximum atomic E-state index is 12.4. The average molecular weight is 345 g/mol. The van der Waals surface area contributed by atoms with Crippen LogP contribution in [0.15, 0.2) is 18.2 Å². The smallest absolute Gasteiger partial charge is 0.308 e. The number of rotatable bonds is 3. The van der Waals surface area contributed by atoms with E-state index in [9.17, 15) is 19.2 Å². The number of nitrogens with one attached hydrogen (secondary N) is 3. The number of hydrogen-bond donors (Lipinski definition) is 3. The summed E-state index contributed by atoms with van der Waals surface area (Å²) in [5.41, 5.74) is 0.968. The van der Waals surface area contributed by atoms with E-state index in [4.69, 9.17) is 4.74 Å². The summed E-state index contributed by atoms with van der Waals surface area (Å²) in [6.07, 6.45) is 1.93. The van der Waals surface area contributed by atoms with E-state index >= 15 is 0 Å². The first-order valence-electron chi connectivity index (χ1n) is 8.08. The Labute approximate surface area is 144 Å². The van der Waals surface area contributed by atoms with Crippen molar-refractivity contribution < 1.29 is 23.9 Å². The van der Waals surface area contributed by atoms with Crippen LogP contribution in [0.4, 0.5) is 5.69 Å². The van der Waals surface area contributed by atoms with Crippen molar-refractivity contribution in [1.82, 2.24) is 10.6 Å². The van der Waals surface area contributed by atoms with Crippen LogP contribution in [0.5, 0.6) is 0 Å². The van der Waals surface area contributed by atoms with Gasteiger partial charge in [-0.25, -0.2) is 0 Å². The summed E-state index contributed by atoms with van der Waals surface area (Å²) in [6.45, 7) is -0.105. The minimum atomic E-state index is -0.364. The maximum Gasteiger partial charge on any atom is 0.308 e. The van der Waals surface area contributed by atoms with Gasteiger partial charge in [0.15, 0.2) is 0 Å². The van der Waals surface area contributed by atoms with E-state index in [1.165, 1.54) is 25.3 Å². The van der Waals surface area contributed by atoms with Crippen molar-refractivity contribution in [3.63, 3.8) is 0 Å². The summed E-state index contributed by atoms with van der Waals surface area (Å²) in [5, 5.41) is 7.98. The Morgan fingerprint density at radius 2 is 2.04 bits per heavy atom. The molecule has 132 valence electrons. The molecule has 0 bridgehead atoms. The average Bonchev–Trinajstić information content (AvgIpc) is 3.01. The van der Waals surface area contributed by atoms with E-state index in [0.717, 1.165) is 0 Å². The van der Waals surface area contributed by atoms with Gasteiger partial charge in [0, 0.05) is 11.6 Å². The van der Waals surface area contributed by atoms with E-state index < -0.39 is 0 Å². The molecule has 0 aromatic heterocycles. The van der Waals surface area contributed by atoms with E-state index in [-0.39, 0.29) is 42.2 Å². The fraction of sp³-hybridized carbons (Fsp3) is 0.412. The lowest BCUT2D eigenvalue weighted by molar-refractivity contribution is -0.145.